The van der Waals surface area contributed by atoms with Crippen molar-refractivity contribution in [2.24, 2.45) is 0 Å². The molecular weight excluding hydrogens is 390 g/mol. The highest BCUT2D eigenvalue weighted by Gasteiger charge is 2.19. The molecule has 0 aliphatic carbocycles. The molecule has 3 amide bonds. The summed E-state index contributed by atoms with van der Waals surface area (Å²) in [6.07, 6.45) is 0. The number of aryl methyl sites for hydroxylation is 1. The summed E-state index contributed by atoms with van der Waals surface area (Å²) in [4.78, 5) is 37.4. The van der Waals surface area contributed by atoms with Gasteiger partial charge in [0.05, 0.1) is 17.3 Å². The van der Waals surface area contributed by atoms with E-state index in [0.29, 0.717) is 6.54 Å². The Kier molecular flexibility index (Phi) is 7.17. The van der Waals surface area contributed by atoms with Gasteiger partial charge < -0.3 is 16.0 Å². The topological polar surface area (TPSA) is 87.3 Å². The van der Waals surface area contributed by atoms with E-state index in [1.807, 2.05) is 61.5 Å². The molecule has 31 heavy (non-hydrogen) atoms. The Hall–Kier alpha value is -3.93. The summed E-state index contributed by atoms with van der Waals surface area (Å²) in [7, 11) is 0. The fourth-order valence-corrected chi connectivity index (χ4v) is 3.16. The first-order valence-corrected chi connectivity index (χ1v) is 10.0. The van der Waals surface area contributed by atoms with Gasteiger partial charge in [-0.2, -0.15) is 0 Å². The van der Waals surface area contributed by atoms with E-state index in [2.05, 4.69) is 16.0 Å². The van der Waals surface area contributed by atoms with Crippen molar-refractivity contribution in [3.8, 4) is 0 Å². The lowest BCUT2D eigenvalue weighted by molar-refractivity contribution is -0.136. The minimum atomic E-state index is -0.832. The molecule has 6 nitrogen and oxygen atoms in total. The summed E-state index contributed by atoms with van der Waals surface area (Å²) in [6.45, 7) is 4.14. The Bertz CT molecular complexity index is 1080. The van der Waals surface area contributed by atoms with Crippen LogP contribution >= 0.6 is 0 Å². The Morgan fingerprint density at radius 1 is 0.839 bits per heavy atom. The predicted molar refractivity (Wildman–Crippen MR) is 120 cm³/mol. The normalized spacial score (nSPS) is 11.3. The molecule has 158 valence electrons. The fraction of sp³-hybridized carbons (Fsp3) is 0.160. The van der Waals surface area contributed by atoms with E-state index in [9.17, 15) is 14.4 Å². The van der Waals surface area contributed by atoms with E-state index in [1.165, 1.54) is 0 Å². The highest BCUT2D eigenvalue weighted by molar-refractivity contribution is 6.40. The van der Waals surface area contributed by atoms with Crippen LogP contribution in [0, 0.1) is 6.92 Å². The van der Waals surface area contributed by atoms with E-state index < -0.39 is 11.8 Å². The molecule has 0 saturated heterocycles. The van der Waals surface area contributed by atoms with E-state index in [-0.39, 0.29) is 23.2 Å². The Labute approximate surface area is 181 Å². The lowest BCUT2D eigenvalue weighted by atomic mass is 10.1. The maximum absolute atomic E-state index is 12.7. The quantitative estimate of drug-likeness (QED) is 0.536. The standard InChI is InChI=1S/C25H25N3O3/c1-17-9-8-10-19(15-17)16-26-23(29)21-13-6-7-14-22(21)28-25(31)24(30)27-18(2)20-11-4-3-5-12-20/h3-15,18H,16H2,1-2H3,(H,26,29)(H,27,30)(H,28,31)/t18-/m0/s1. The lowest BCUT2D eigenvalue weighted by Crippen LogP contribution is -2.37. The third-order valence-corrected chi connectivity index (χ3v) is 4.81. The molecule has 1 atom stereocenters. The predicted octanol–water partition coefficient (Wildman–Crippen LogP) is 3.74. The lowest BCUT2D eigenvalue weighted by Gasteiger charge is -2.15. The van der Waals surface area contributed by atoms with E-state index in [4.69, 9.17) is 0 Å². The highest BCUT2D eigenvalue weighted by atomic mass is 16.2. The molecule has 0 unspecified atom stereocenters. The third kappa shape index (κ3) is 6.02. The van der Waals surface area contributed by atoms with Gasteiger partial charge in [-0.05, 0) is 37.1 Å². The van der Waals surface area contributed by atoms with Gasteiger partial charge in [0.2, 0.25) is 0 Å². The van der Waals surface area contributed by atoms with Gasteiger partial charge in [0, 0.05) is 6.54 Å². The van der Waals surface area contributed by atoms with Crippen molar-refractivity contribution in [2.75, 3.05) is 5.32 Å². The summed E-state index contributed by atoms with van der Waals surface area (Å²) in [5.74, 6) is -1.94. The van der Waals surface area contributed by atoms with Gasteiger partial charge in [0.15, 0.2) is 0 Å². The molecule has 0 aliphatic heterocycles. The maximum atomic E-state index is 12.7. The van der Waals surface area contributed by atoms with Crippen LogP contribution in [0.25, 0.3) is 0 Å². The average molecular weight is 415 g/mol. The second-order valence-electron chi connectivity index (χ2n) is 7.28. The van der Waals surface area contributed by atoms with Crippen molar-refractivity contribution in [3.05, 3.63) is 101 Å². The Morgan fingerprint density at radius 2 is 1.55 bits per heavy atom. The number of carbonyl (C=O) groups excluding carboxylic acids is 3. The largest absolute Gasteiger partial charge is 0.348 e. The van der Waals surface area contributed by atoms with Gasteiger partial charge in [-0.3, -0.25) is 14.4 Å². The highest BCUT2D eigenvalue weighted by Crippen LogP contribution is 2.16. The van der Waals surface area contributed by atoms with Gasteiger partial charge in [-0.1, -0.05) is 72.3 Å². The van der Waals surface area contributed by atoms with Gasteiger partial charge in [0.25, 0.3) is 5.91 Å². The first-order chi connectivity index (χ1) is 14.9. The molecule has 0 heterocycles. The second-order valence-corrected chi connectivity index (χ2v) is 7.28. The van der Waals surface area contributed by atoms with Crippen molar-refractivity contribution in [1.29, 1.82) is 0 Å². The number of hydrogen-bond donors (Lipinski definition) is 3. The smallest absolute Gasteiger partial charge is 0.313 e. The maximum Gasteiger partial charge on any atom is 0.313 e. The van der Waals surface area contributed by atoms with Crippen LogP contribution in [-0.2, 0) is 16.1 Å². The summed E-state index contributed by atoms with van der Waals surface area (Å²) < 4.78 is 0. The summed E-state index contributed by atoms with van der Waals surface area (Å²) >= 11 is 0. The van der Waals surface area contributed by atoms with Crippen LogP contribution in [0.5, 0.6) is 0 Å². The van der Waals surface area contributed by atoms with Crippen molar-refractivity contribution < 1.29 is 14.4 Å². The Morgan fingerprint density at radius 3 is 2.29 bits per heavy atom. The van der Waals surface area contributed by atoms with Crippen molar-refractivity contribution in [1.82, 2.24) is 10.6 Å². The minimum Gasteiger partial charge on any atom is -0.348 e. The number of benzene rings is 3. The summed E-state index contributed by atoms with van der Waals surface area (Å²) in [6, 6.07) is 23.5. The van der Waals surface area contributed by atoms with Gasteiger partial charge >= 0.3 is 11.8 Å². The zero-order valence-electron chi connectivity index (χ0n) is 17.5. The monoisotopic (exact) mass is 415 g/mol. The van der Waals surface area contributed by atoms with Crippen LogP contribution < -0.4 is 16.0 Å². The zero-order chi connectivity index (χ0) is 22.2. The van der Waals surface area contributed by atoms with Gasteiger partial charge in [-0.15, -0.1) is 0 Å². The summed E-state index contributed by atoms with van der Waals surface area (Å²) in [5.41, 5.74) is 3.53. The summed E-state index contributed by atoms with van der Waals surface area (Å²) in [5, 5.41) is 8.06. The van der Waals surface area contributed by atoms with E-state index in [1.54, 1.807) is 31.2 Å². The molecule has 0 radical (unpaired) electrons. The number of amides is 3. The Balaban J connectivity index is 1.63. The first kappa shape index (κ1) is 21.8. The van der Waals surface area contributed by atoms with Crippen molar-refractivity contribution in [2.45, 2.75) is 26.4 Å². The van der Waals surface area contributed by atoms with Crippen LogP contribution in [0.15, 0.2) is 78.9 Å². The third-order valence-electron chi connectivity index (χ3n) is 4.81. The molecule has 0 aromatic heterocycles. The van der Waals surface area contributed by atoms with Crippen molar-refractivity contribution in [3.63, 3.8) is 0 Å². The SMILES string of the molecule is Cc1cccc(CNC(=O)c2ccccc2NC(=O)C(=O)N[C@@H](C)c2ccccc2)c1. The number of para-hydroxylation sites is 1. The van der Waals surface area contributed by atoms with E-state index >= 15 is 0 Å². The fourth-order valence-electron chi connectivity index (χ4n) is 3.16. The van der Waals surface area contributed by atoms with Crippen molar-refractivity contribution >= 4 is 23.4 Å². The molecule has 3 rings (SSSR count). The molecule has 0 aliphatic rings. The number of rotatable bonds is 6. The van der Waals surface area contributed by atoms with Crippen LogP contribution in [0.4, 0.5) is 5.69 Å². The molecule has 0 fully saturated rings. The van der Waals surface area contributed by atoms with Crippen LogP contribution in [-0.4, -0.2) is 17.7 Å². The molecule has 6 heteroatoms. The molecule has 0 saturated carbocycles. The van der Waals surface area contributed by atoms with Crippen LogP contribution in [0.3, 0.4) is 0 Å². The number of anilines is 1. The first-order valence-electron chi connectivity index (χ1n) is 10.0. The van der Waals surface area contributed by atoms with Gasteiger partial charge in [0.1, 0.15) is 0 Å². The zero-order valence-corrected chi connectivity index (χ0v) is 17.5. The minimum absolute atomic E-state index is 0.275. The molecule has 0 spiro atoms. The molecule has 0 bridgehead atoms. The second kappa shape index (κ2) is 10.2. The van der Waals surface area contributed by atoms with Gasteiger partial charge in [-0.25, -0.2) is 0 Å². The average Bonchev–Trinajstić information content (AvgIpc) is 2.78. The molecule has 3 N–H and O–H groups in total. The molecular formula is C25H25N3O3. The van der Waals surface area contributed by atoms with Crippen LogP contribution in [0.1, 0.15) is 40.0 Å². The molecule has 3 aromatic carbocycles. The molecule has 3 aromatic rings. The number of carbonyl (C=O) groups is 3. The number of nitrogens with one attached hydrogen (secondary N) is 3. The number of hydrogen-bond acceptors (Lipinski definition) is 3. The van der Waals surface area contributed by atoms with Crippen LogP contribution in [0.2, 0.25) is 0 Å². The van der Waals surface area contributed by atoms with E-state index in [0.717, 1.165) is 16.7 Å².